The first-order valence-electron chi connectivity index (χ1n) is 21.2. The normalized spacial score (nSPS) is 15.1. The van der Waals surface area contributed by atoms with Crippen LogP contribution in [0.25, 0.3) is 0 Å². The van der Waals surface area contributed by atoms with E-state index in [-0.39, 0.29) is 19.6 Å². The highest BCUT2D eigenvalue weighted by Gasteiger charge is 2.27. The second-order valence-corrected chi connectivity index (χ2v) is 15.8. The number of aliphatic hydroxyl groups is 2. The third kappa shape index (κ3) is 35.7. The van der Waals surface area contributed by atoms with E-state index < -0.39 is 38.6 Å². The highest BCUT2D eigenvalue weighted by Crippen LogP contribution is 2.43. The Kier molecular flexibility index (Phi) is 37.0. The van der Waals surface area contributed by atoms with Crippen molar-refractivity contribution >= 4 is 13.7 Å². The fourth-order valence-corrected chi connectivity index (χ4v) is 6.77. The number of nitrogens with two attached hydrogens (primary N) is 1. The van der Waals surface area contributed by atoms with Crippen molar-refractivity contribution in [1.29, 1.82) is 0 Å². The second-order valence-electron chi connectivity index (χ2n) is 14.4. The summed E-state index contributed by atoms with van der Waals surface area (Å²) in [5.74, 6) is -0.463. The lowest BCUT2D eigenvalue weighted by molar-refractivity contribution is -0.124. The lowest BCUT2D eigenvalue weighted by atomic mass is 10.0. The largest absolute Gasteiger partial charge is 0.472 e. The predicted molar refractivity (Wildman–Crippen MR) is 218 cm³/mol. The van der Waals surface area contributed by atoms with Crippen LogP contribution in [-0.4, -0.2) is 59.0 Å². The Balaban J connectivity index is 4.20. The molecular weight excluding hydrogens is 675 g/mol. The van der Waals surface area contributed by atoms with E-state index >= 15 is 0 Å². The lowest BCUT2D eigenvalue weighted by Crippen LogP contribution is -2.46. The zero-order valence-corrected chi connectivity index (χ0v) is 34.3. The van der Waals surface area contributed by atoms with Crippen LogP contribution in [0.4, 0.5) is 0 Å². The first-order valence-corrected chi connectivity index (χ1v) is 22.7. The zero-order chi connectivity index (χ0) is 38.4. The summed E-state index contributed by atoms with van der Waals surface area (Å²) < 4.78 is 21.9. The standard InChI is InChI=1S/C42H81N2O7P/c1-3-5-7-9-11-13-14-15-16-17-18-19-20-21-22-23-24-26-27-29-31-33-39(45)37-42(47)44-40(38-51-52(48,49)50-36-35-43)41(46)34-32-30-28-25-12-10-8-6-4-2/h12,21-22,25,32,34,39-41,45-46H,3-11,13-20,23-24,26-31,33,35-38,43H2,1-2H3,(H,44,47)(H,48,49)/b22-21-,25-12+,34-32+. The maximum Gasteiger partial charge on any atom is 0.472 e. The number of phosphoric ester groups is 1. The fraction of sp³-hybridized carbons (Fsp3) is 0.833. The molecule has 0 fully saturated rings. The summed E-state index contributed by atoms with van der Waals surface area (Å²) >= 11 is 0. The van der Waals surface area contributed by atoms with Crippen LogP contribution < -0.4 is 11.1 Å². The number of hydrogen-bond donors (Lipinski definition) is 5. The first-order chi connectivity index (χ1) is 25.3. The number of carbonyl (C=O) groups excluding carboxylic acids is 1. The summed E-state index contributed by atoms with van der Waals surface area (Å²) in [6.07, 6.45) is 41.1. The van der Waals surface area contributed by atoms with Crippen molar-refractivity contribution in [3.63, 3.8) is 0 Å². The number of allylic oxidation sites excluding steroid dienone is 5. The molecule has 0 heterocycles. The molecule has 0 aliphatic carbocycles. The predicted octanol–water partition coefficient (Wildman–Crippen LogP) is 10.5. The maximum atomic E-state index is 12.7. The van der Waals surface area contributed by atoms with Crippen LogP contribution in [0.1, 0.15) is 187 Å². The monoisotopic (exact) mass is 757 g/mol. The molecule has 0 saturated carbocycles. The molecule has 52 heavy (non-hydrogen) atoms. The molecule has 4 atom stereocenters. The van der Waals surface area contributed by atoms with Gasteiger partial charge in [0.25, 0.3) is 0 Å². The number of aliphatic hydroxyl groups excluding tert-OH is 2. The molecule has 0 rings (SSSR count). The molecule has 0 bridgehead atoms. The minimum absolute atomic E-state index is 0.0429. The van der Waals surface area contributed by atoms with E-state index in [1.54, 1.807) is 6.08 Å². The molecule has 0 aromatic carbocycles. The van der Waals surface area contributed by atoms with Gasteiger partial charge in [-0.15, -0.1) is 0 Å². The van der Waals surface area contributed by atoms with Gasteiger partial charge in [0.1, 0.15) is 0 Å². The summed E-state index contributed by atoms with van der Waals surface area (Å²) in [7, 11) is -4.40. The van der Waals surface area contributed by atoms with Crippen LogP contribution in [0.15, 0.2) is 36.5 Å². The minimum Gasteiger partial charge on any atom is -0.393 e. The van der Waals surface area contributed by atoms with Gasteiger partial charge in [0.05, 0.1) is 37.9 Å². The van der Waals surface area contributed by atoms with Crippen molar-refractivity contribution in [1.82, 2.24) is 5.32 Å². The van der Waals surface area contributed by atoms with E-state index in [1.165, 1.54) is 109 Å². The highest BCUT2D eigenvalue weighted by molar-refractivity contribution is 7.47. The van der Waals surface area contributed by atoms with Crippen molar-refractivity contribution < 1.29 is 33.5 Å². The number of unbranched alkanes of at least 4 members (excludes halogenated alkanes) is 21. The van der Waals surface area contributed by atoms with Gasteiger partial charge in [0.15, 0.2) is 0 Å². The van der Waals surface area contributed by atoms with Gasteiger partial charge in [-0.05, 0) is 57.8 Å². The molecular formula is C42H81N2O7P. The third-order valence-corrected chi connectivity index (χ3v) is 10.2. The molecule has 0 aliphatic rings. The summed E-state index contributed by atoms with van der Waals surface area (Å²) in [6, 6.07) is -0.999. The fourth-order valence-electron chi connectivity index (χ4n) is 6.01. The summed E-state index contributed by atoms with van der Waals surface area (Å²) in [5, 5.41) is 23.9. The quantitative estimate of drug-likeness (QED) is 0.0236. The first kappa shape index (κ1) is 50.7. The van der Waals surface area contributed by atoms with Crippen molar-refractivity contribution in [2.45, 2.75) is 205 Å². The summed E-state index contributed by atoms with van der Waals surface area (Å²) in [4.78, 5) is 22.6. The Morgan fingerprint density at radius 3 is 1.63 bits per heavy atom. The van der Waals surface area contributed by atoms with E-state index in [0.717, 1.165) is 44.9 Å². The smallest absolute Gasteiger partial charge is 0.393 e. The van der Waals surface area contributed by atoms with Gasteiger partial charge in [0, 0.05) is 6.54 Å². The van der Waals surface area contributed by atoms with Crippen molar-refractivity contribution in [3.8, 4) is 0 Å². The van der Waals surface area contributed by atoms with Crippen molar-refractivity contribution in [2.24, 2.45) is 5.73 Å². The van der Waals surface area contributed by atoms with E-state index in [1.807, 2.05) is 6.08 Å². The zero-order valence-electron chi connectivity index (χ0n) is 33.4. The number of phosphoric acid groups is 1. The molecule has 6 N–H and O–H groups in total. The molecule has 4 unspecified atom stereocenters. The number of rotatable bonds is 39. The number of amides is 1. The molecule has 0 spiro atoms. The molecule has 306 valence electrons. The van der Waals surface area contributed by atoms with E-state index in [9.17, 15) is 24.5 Å². The van der Waals surface area contributed by atoms with Gasteiger partial charge < -0.3 is 26.2 Å². The Labute approximate surface area is 319 Å². The summed E-state index contributed by atoms with van der Waals surface area (Å²) in [6.45, 7) is 3.88. The molecule has 9 nitrogen and oxygen atoms in total. The third-order valence-electron chi connectivity index (χ3n) is 9.24. The van der Waals surface area contributed by atoms with E-state index in [0.29, 0.717) is 12.8 Å². The van der Waals surface area contributed by atoms with Crippen LogP contribution in [0.2, 0.25) is 0 Å². The Morgan fingerprint density at radius 2 is 1.10 bits per heavy atom. The molecule has 0 radical (unpaired) electrons. The van der Waals surface area contributed by atoms with Crippen LogP contribution in [0, 0.1) is 0 Å². The maximum absolute atomic E-state index is 12.7. The van der Waals surface area contributed by atoms with E-state index in [4.69, 9.17) is 14.8 Å². The SMILES string of the molecule is CCCCC/C=C/CC/C=C/C(O)C(COP(=O)(O)OCCN)NC(=O)CC(O)CCCCCCC/C=C\CCCCCCCCCCCCCC. The van der Waals surface area contributed by atoms with Crippen LogP contribution in [0.3, 0.4) is 0 Å². The molecule has 10 heteroatoms. The highest BCUT2D eigenvalue weighted by atomic mass is 31.2. The average molecular weight is 757 g/mol. The van der Waals surface area contributed by atoms with Crippen LogP contribution in [0.5, 0.6) is 0 Å². The van der Waals surface area contributed by atoms with Gasteiger partial charge in [-0.2, -0.15) is 0 Å². The number of carbonyl (C=O) groups is 1. The summed E-state index contributed by atoms with van der Waals surface area (Å²) in [5.41, 5.74) is 5.34. The average Bonchev–Trinajstić information content (AvgIpc) is 3.12. The van der Waals surface area contributed by atoms with Gasteiger partial charge in [-0.3, -0.25) is 13.8 Å². The van der Waals surface area contributed by atoms with Gasteiger partial charge >= 0.3 is 7.82 Å². The van der Waals surface area contributed by atoms with Crippen molar-refractivity contribution in [3.05, 3.63) is 36.5 Å². The molecule has 1 amide bonds. The Bertz CT molecular complexity index is 930. The lowest BCUT2D eigenvalue weighted by Gasteiger charge is -2.24. The van der Waals surface area contributed by atoms with Gasteiger partial charge in [-0.1, -0.05) is 159 Å². The van der Waals surface area contributed by atoms with Gasteiger partial charge in [-0.25, -0.2) is 4.57 Å². The van der Waals surface area contributed by atoms with Crippen LogP contribution >= 0.6 is 7.82 Å². The van der Waals surface area contributed by atoms with Gasteiger partial charge in [0.2, 0.25) is 5.91 Å². The topological polar surface area (TPSA) is 151 Å². The van der Waals surface area contributed by atoms with Crippen molar-refractivity contribution in [2.75, 3.05) is 19.8 Å². The minimum atomic E-state index is -4.40. The molecule has 0 aliphatic heterocycles. The Morgan fingerprint density at radius 1 is 0.654 bits per heavy atom. The number of hydrogen-bond acceptors (Lipinski definition) is 7. The molecule has 0 aromatic rings. The molecule has 0 aromatic heterocycles. The second kappa shape index (κ2) is 38.0. The van der Waals surface area contributed by atoms with Crippen LogP contribution in [-0.2, 0) is 18.4 Å². The van der Waals surface area contributed by atoms with E-state index in [2.05, 4.69) is 43.5 Å². The number of nitrogens with one attached hydrogen (secondary N) is 1. The Hall–Kier alpha value is -1.32. The molecule has 0 saturated heterocycles.